The van der Waals surface area contributed by atoms with Crippen molar-refractivity contribution in [3.05, 3.63) is 60.3 Å². The first-order chi connectivity index (χ1) is 13.0. The Morgan fingerprint density at radius 3 is 2.56 bits per heavy atom. The van der Waals surface area contributed by atoms with Crippen LogP contribution in [0.5, 0.6) is 0 Å². The van der Waals surface area contributed by atoms with E-state index < -0.39 is 9.84 Å². The first-order valence-electron chi connectivity index (χ1n) is 9.47. The van der Waals surface area contributed by atoms with E-state index in [9.17, 15) is 8.42 Å². The van der Waals surface area contributed by atoms with Gasteiger partial charge in [0.05, 0.1) is 16.0 Å². The van der Waals surface area contributed by atoms with Crippen LogP contribution >= 0.6 is 0 Å². The number of pyridine rings is 1. The molecule has 0 spiro atoms. The van der Waals surface area contributed by atoms with Crippen molar-refractivity contribution in [1.82, 2.24) is 0 Å². The summed E-state index contributed by atoms with van der Waals surface area (Å²) in [6.07, 6.45) is 3.93. The number of piperidine rings is 1. The Balaban J connectivity index is 1.95. The van der Waals surface area contributed by atoms with Crippen molar-refractivity contribution in [2.75, 3.05) is 18.0 Å². The van der Waals surface area contributed by atoms with E-state index in [2.05, 4.69) is 16.8 Å². The number of aromatic amines is 1. The van der Waals surface area contributed by atoms with E-state index in [0.717, 1.165) is 41.7 Å². The minimum atomic E-state index is -3.62. The molecule has 2 heterocycles. The monoisotopic (exact) mass is 381 g/mol. The van der Waals surface area contributed by atoms with Gasteiger partial charge in [-0.05, 0) is 43.9 Å². The Kier molecular flexibility index (Phi) is 4.64. The summed E-state index contributed by atoms with van der Waals surface area (Å²) in [5, 5.41) is 0.958. The van der Waals surface area contributed by atoms with Crippen molar-refractivity contribution in [1.29, 1.82) is 0 Å². The lowest BCUT2D eigenvalue weighted by molar-refractivity contribution is -0.347. The second kappa shape index (κ2) is 6.97. The highest BCUT2D eigenvalue weighted by molar-refractivity contribution is 7.91. The third kappa shape index (κ3) is 3.32. The molecule has 0 bridgehead atoms. The first kappa shape index (κ1) is 18.0. The van der Waals surface area contributed by atoms with E-state index in [1.165, 1.54) is 6.42 Å². The van der Waals surface area contributed by atoms with Crippen LogP contribution in [0, 0.1) is 12.8 Å². The number of aryl methyl sites for hydroxylation is 1. The van der Waals surface area contributed by atoms with Crippen LogP contribution in [0.15, 0.2) is 64.5 Å². The largest absolute Gasteiger partial charge is 0.369 e. The summed E-state index contributed by atoms with van der Waals surface area (Å²) < 4.78 is 27.0. The normalized spacial score (nSPS) is 18.0. The molecule has 1 aliphatic heterocycles. The van der Waals surface area contributed by atoms with Gasteiger partial charge in [-0.1, -0.05) is 36.8 Å². The molecule has 0 radical (unpaired) electrons. The highest BCUT2D eigenvalue weighted by atomic mass is 32.2. The number of H-pyrrole nitrogens is 1. The number of hydrogen-bond donors (Lipinski definition) is 0. The van der Waals surface area contributed by atoms with Gasteiger partial charge in [0, 0.05) is 19.2 Å². The molecule has 1 fully saturated rings. The molecule has 3 aromatic rings. The van der Waals surface area contributed by atoms with E-state index in [0.29, 0.717) is 15.7 Å². The van der Waals surface area contributed by atoms with Crippen LogP contribution in [0.2, 0.25) is 0 Å². The summed E-state index contributed by atoms with van der Waals surface area (Å²) >= 11 is 0. The molecule has 1 N–H and O–H groups in total. The lowest BCUT2D eigenvalue weighted by Gasteiger charge is -2.34. The summed E-state index contributed by atoms with van der Waals surface area (Å²) in [7, 11) is -3.62. The van der Waals surface area contributed by atoms with Crippen molar-refractivity contribution in [2.45, 2.75) is 36.5 Å². The maximum atomic E-state index is 13.5. The standard InChI is InChI=1S/C22H24N2O2S/c1-16-9-11-18(12-10-16)27(25,26)21-14-23-20-8-4-3-7-19(20)22(21)24-13-5-6-17(2)15-24/h3-4,7-12,14,17H,5-6,13,15H2,1-2H3/p+1/t17-/m0/s1. The van der Waals surface area contributed by atoms with Crippen LogP contribution in [0.4, 0.5) is 5.69 Å². The minimum absolute atomic E-state index is 0.336. The Morgan fingerprint density at radius 1 is 1.07 bits per heavy atom. The number of para-hydroxylation sites is 1. The van der Waals surface area contributed by atoms with Gasteiger partial charge in [-0.3, -0.25) is 0 Å². The Labute approximate surface area is 160 Å². The molecule has 4 nitrogen and oxygen atoms in total. The number of hydrogen-bond acceptors (Lipinski definition) is 3. The van der Waals surface area contributed by atoms with Gasteiger partial charge in [0.2, 0.25) is 15.4 Å². The zero-order chi connectivity index (χ0) is 19.0. The van der Waals surface area contributed by atoms with Crippen LogP contribution in [0.3, 0.4) is 0 Å². The quantitative estimate of drug-likeness (QED) is 0.688. The number of benzene rings is 2. The third-order valence-electron chi connectivity index (χ3n) is 5.37. The van der Waals surface area contributed by atoms with Gasteiger partial charge in [0.1, 0.15) is 0 Å². The SMILES string of the molecule is Cc1ccc(S(=O)(=O)c2c[nH+]c3ccccc3c2N2CCC[C@H](C)C2)cc1. The highest BCUT2D eigenvalue weighted by Crippen LogP contribution is 2.36. The van der Waals surface area contributed by atoms with Crippen molar-refractivity contribution in [3.63, 3.8) is 0 Å². The van der Waals surface area contributed by atoms with E-state index in [1.807, 2.05) is 43.3 Å². The molecule has 0 amide bonds. The molecule has 0 unspecified atom stereocenters. The summed E-state index contributed by atoms with van der Waals surface area (Å²) in [6.45, 7) is 5.96. The maximum Gasteiger partial charge on any atom is 0.214 e. The fourth-order valence-electron chi connectivity index (χ4n) is 3.93. The predicted molar refractivity (Wildman–Crippen MR) is 108 cm³/mol. The van der Waals surface area contributed by atoms with Crippen molar-refractivity contribution in [3.8, 4) is 0 Å². The van der Waals surface area contributed by atoms with Gasteiger partial charge < -0.3 is 4.90 Å². The third-order valence-corrected chi connectivity index (χ3v) is 7.15. The molecule has 1 aromatic heterocycles. The number of fused-ring (bicyclic) bond motifs is 1. The second-order valence-electron chi connectivity index (χ2n) is 7.56. The van der Waals surface area contributed by atoms with Crippen LogP contribution in [-0.2, 0) is 9.84 Å². The van der Waals surface area contributed by atoms with Crippen LogP contribution in [-0.4, -0.2) is 21.5 Å². The maximum absolute atomic E-state index is 13.5. The number of sulfone groups is 1. The molecule has 1 atom stereocenters. The minimum Gasteiger partial charge on any atom is -0.369 e. The van der Waals surface area contributed by atoms with E-state index >= 15 is 0 Å². The average molecular weight is 382 g/mol. The Hall–Kier alpha value is -2.40. The fraction of sp³-hybridized carbons (Fsp3) is 0.318. The van der Waals surface area contributed by atoms with E-state index in [4.69, 9.17) is 0 Å². The van der Waals surface area contributed by atoms with Gasteiger partial charge in [0.25, 0.3) is 0 Å². The van der Waals surface area contributed by atoms with Gasteiger partial charge in [-0.2, -0.15) is 0 Å². The zero-order valence-electron chi connectivity index (χ0n) is 15.8. The first-order valence-corrected chi connectivity index (χ1v) is 11.0. The lowest BCUT2D eigenvalue weighted by atomic mass is 9.99. The molecule has 1 aliphatic rings. The topological polar surface area (TPSA) is 51.5 Å². The van der Waals surface area contributed by atoms with Gasteiger partial charge in [-0.15, -0.1) is 0 Å². The van der Waals surface area contributed by atoms with Crippen LogP contribution < -0.4 is 9.88 Å². The Morgan fingerprint density at radius 2 is 1.81 bits per heavy atom. The molecule has 27 heavy (non-hydrogen) atoms. The van der Waals surface area contributed by atoms with Gasteiger partial charge >= 0.3 is 0 Å². The van der Waals surface area contributed by atoms with Crippen LogP contribution in [0.25, 0.3) is 10.9 Å². The summed E-state index contributed by atoms with van der Waals surface area (Å²) in [6, 6.07) is 15.0. The van der Waals surface area contributed by atoms with Crippen molar-refractivity contribution < 1.29 is 13.4 Å². The highest BCUT2D eigenvalue weighted by Gasteiger charge is 2.30. The Bertz CT molecular complexity index is 1080. The molecule has 4 rings (SSSR count). The van der Waals surface area contributed by atoms with E-state index in [1.54, 1.807) is 18.3 Å². The van der Waals surface area contributed by atoms with Crippen molar-refractivity contribution >= 4 is 26.4 Å². The zero-order valence-corrected chi connectivity index (χ0v) is 16.6. The second-order valence-corrected chi connectivity index (χ2v) is 9.48. The van der Waals surface area contributed by atoms with E-state index in [-0.39, 0.29) is 0 Å². The summed E-state index contributed by atoms with van der Waals surface area (Å²) in [5.74, 6) is 0.552. The molecule has 0 saturated carbocycles. The average Bonchev–Trinajstić information content (AvgIpc) is 2.67. The molecular weight excluding hydrogens is 356 g/mol. The number of nitrogens with one attached hydrogen (secondary N) is 1. The molecule has 1 saturated heterocycles. The fourth-order valence-corrected chi connectivity index (χ4v) is 5.38. The van der Waals surface area contributed by atoms with Gasteiger partial charge in [0.15, 0.2) is 11.1 Å². The smallest absolute Gasteiger partial charge is 0.214 e. The lowest BCUT2D eigenvalue weighted by Crippen LogP contribution is -2.35. The molecule has 5 heteroatoms. The molecular formula is C22H25N2O2S+. The van der Waals surface area contributed by atoms with Gasteiger partial charge in [-0.25, -0.2) is 13.4 Å². The number of aromatic nitrogens is 1. The summed E-state index contributed by atoms with van der Waals surface area (Å²) in [5.41, 5.74) is 2.83. The van der Waals surface area contributed by atoms with Crippen molar-refractivity contribution in [2.24, 2.45) is 5.92 Å². The number of rotatable bonds is 3. The summed E-state index contributed by atoms with van der Waals surface area (Å²) in [4.78, 5) is 6.14. The predicted octanol–water partition coefficient (Wildman–Crippen LogP) is 4.03. The van der Waals surface area contributed by atoms with Crippen LogP contribution in [0.1, 0.15) is 25.3 Å². The number of anilines is 1. The molecule has 140 valence electrons. The molecule has 0 aliphatic carbocycles. The number of nitrogens with zero attached hydrogens (tertiary/aromatic N) is 1. The molecule has 2 aromatic carbocycles.